The quantitative estimate of drug-likeness (QED) is 0.662. The highest BCUT2D eigenvalue weighted by molar-refractivity contribution is 5.71. The maximum atomic E-state index is 13.3. The number of rotatable bonds is 3. The van der Waals surface area contributed by atoms with E-state index in [1.165, 1.54) is 6.07 Å². The lowest BCUT2D eigenvalue weighted by Gasteiger charge is -2.17. The Labute approximate surface area is 123 Å². The molecule has 0 saturated carbocycles. The molecule has 0 fully saturated rings. The molecular formula is C18H19F3. The molecule has 0 aliphatic carbocycles. The lowest BCUT2D eigenvalue weighted by molar-refractivity contribution is -0.137. The van der Waals surface area contributed by atoms with Crippen LogP contribution in [0, 0.1) is 12.8 Å². The van der Waals surface area contributed by atoms with E-state index in [0.29, 0.717) is 11.5 Å². The highest BCUT2D eigenvalue weighted by Crippen LogP contribution is 2.38. The number of halogens is 3. The van der Waals surface area contributed by atoms with Gasteiger partial charge in [-0.05, 0) is 47.6 Å². The van der Waals surface area contributed by atoms with E-state index in [2.05, 4.69) is 13.8 Å². The average Bonchev–Trinajstić information content (AvgIpc) is 2.37. The highest BCUT2D eigenvalue weighted by Gasteiger charge is 2.33. The molecule has 0 saturated heterocycles. The molecule has 0 aromatic heterocycles. The minimum atomic E-state index is -4.34. The van der Waals surface area contributed by atoms with Gasteiger partial charge in [-0.15, -0.1) is 0 Å². The fourth-order valence-electron chi connectivity index (χ4n) is 2.53. The lowest BCUT2D eigenvalue weighted by atomic mass is 9.92. The second kappa shape index (κ2) is 5.92. The molecule has 0 radical (unpaired) electrons. The largest absolute Gasteiger partial charge is 0.417 e. The molecular weight excluding hydrogens is 273 g/mol. The molecule has 2 aromatic carbocycles. The molecule has 0 bridgehead atoms. The molecule has 0 amide bonds. The Kier molecular flexibility index (Phi) is 4.40. The Morgan fingerprint density at radius 3 is 2.19 bits per heavy atom. The molecule has 0 aliphatic heterocycles. The van der Waals surface area contributed by atoms with E-state index >= 15 is 0 Å². The minimum absolute atomic E-state index is 0.277. The third-order valence-corrected chi connectivity index (χ3v) is 3.47. The molecule has 2 rings (SSSR count). The van der Waals surface area contributed by atoms with Gasteiger partial charge in [0, 0.05) is 0 Å². The van der Waals surface area contributed by atoms with Crippen molar-refractivity contribution in [2.75, 3.05) is 0 Å². The third kappa shape index (κ3) is 3.66. The van der Waals surface area contributed by atoms with Gasteiger partial charge in [-0.3, -0.25) is 0 Å². The van der Waals surface area contributed by atoms with Crippen LogP contribution in [-0.4, -0.2) is 0 Å². The van der Waals surface area contributed by atoms with Gasteiger partial charge in [0.1, 0.15) is 0 Å². The molecule has 112 valence electrons. The zero-order chi connectivity index (χ0) is 15.6. The van der Waals surface area contributed by atoms with E-state index in [4.69, 9.17) is 0 Å². The zero-order valence-electron chi connectivity index (χ0n) is 12.5. The lowest BCUT2D eigenvalue weighted by Crippen LogP contribution is -2.08. The van der Waals surface area contributed by atoms with Gasteiger partial charge in [-0.2, -0.15) is 13.2 Å². The molecule has 21 heavy (non-hydrogen) atoms. The van der Waals surface area contributed by atoms with Gasteiger partial charge in [0.15, 0.2) is 0 Å². The Morgan fingerprint density at radius 1 is 0.952 bits per heavy atom. The fourth-order valence-corrected chi connectivity index (χ4v) is 2.53. The highest BCUT2D eigenvalue weighted by atomic mass is 19.4. The van der Waals surface area contributed by atoms with Crippen LogP contribution in [0.4, 0.5) is 13.2 Å². The predicted molar refractivity (Wildman–Crippen MR) is 80.2 cm³/mol. The standard InChI is InChI=1S/C18H19F3/c1-12(2)10-14-8-9-17(18(19,20)21)16(11-14)15-7-5-4-6-13(15)3/h4-9,11-12H,10H2,1-3H3. The first-order chi connectivity index (χ1) is 9.79. The van der Waals surface area contributed by atoms with Crippen LogP contribution in [0.3, 0.4) is 0 Å². The number of aryl methyl sites for hydroxylation is 1. The normalized spacial score (nSPS) is 12.0. The van der Waals surface area contributed by atoms with E-state index in [1.807, 2.05) is 19.1 Å². The summed E-state index contributed by atoms with van der Waals surface area (Å²) in [6.07, 6.45) is -3.56. The van der Waals surface area contributed by atoms with Crippen LogP contribution in [0.15, 0.2) is 42.5 Å². The Morgan fingerprint density at radius 2 is 1.62 bits per heavy atom. The SMILES string of the molecule is Cc1ccccc1-c1cc(CC(C)C)ccc1C(F)(F)F. The summed E-state index contributed by atoms with van der Waals surface area (Å²) < 4.78 is 39.8. The van der Waals surface area contributed by atoms with Crippen molar-refractivity contribution in [3.8, 4) is 11.1 Å². The second-order valence-corrected chi connectivity index (χ2v) is 5.79. The van der Waals surface area contributed by atoms with Crippen LogP contribution >= 0.6 is 0 Å². The maximum Gasteiger partial charge on any atom is 0.417 e. The molecule has 0 unspecified atom stereocenters. The summed E-state index contributed by atoms with van der Waals surface area (Å²) in [5.41, 5.74) is 2.15. The molecule has 0 aliphatic rings. The van der Waals surface area contributed by atoms with Crippen LogP contribution in [0.25, 0.3) is 11.1 Å². The summed E-state index contributed by atoms with van der Waals surface area (Å²) >= 11 is 0. The first kappa shape index (κ1) is 15.6. The molecule has 0 N–H and O–H groups in total. The van der Waals surface area contributed by atoms with Crippen molar-refractivity contribution in [1.82, 2.24) is 0 Å². The Bertz CT molecular complexity index is 625. The topological polar surface area (TPSA) is 0 Å². The summed E-state index contributed by atoms with van der Waals surface area (Å²) in [5, 5.41) is 0. The van der Waals surface area contributed by atoms with E-state index in [1.54, 1.807) is 24.3 Å². The van der Waals surface area contributed by atoms with Crippen LogP contribution < -0.4 is 0 Å². The van der Waals surface area contributed by atoms with Crippen molar-refractivity contribution in [3.05, 3.63) is 59.2 Å². The van der Waals surface area contributed by atoms with Crippen molar-refractivity contribution >= 4 is 0 Å². The van der Waals surface area contributed by atoms with Gasteiger partial charge in [-0.25, -0.2) is 0 Å². The second-order valence-electron chi connectivity index (χ2n) is 5.79. The van der Waals surface area contributed by atoms with E-state index < -0.39 is 11.7 Å². The maximum absolute atomic E-state index is 13.3. The molecule has 3 heteroatoms. The van der Waals surface area contributed by atoms with E-state index in [0.717, 1.165) is 17.5 Å². The minimum Gasteiger partial charge on any atom is -0.166 e. The van der Waals surface area contributed by atoms with Crippen molar-refractivity contribution < 1.29 is 13.2 Å². The fraction of sp³-hybridized carbons (Fsp3) is 0.333. The van der Waals surface area contributed by atoms with Crippen molar-refractivity contribution in [2.24, 2.45) is 5.92 Å². The summed E-state index contributed by atoms with van der Waals surface area (Å²) in [6.45, 7) is 5.96. The molecule has 0 nitrogen and oxygen atoms in total. The predicted octanol–water partition coefficient (Wildman–Crippen LogP) is 5.88. The molecule has 0 atom stereocenters. The Balaban J connectivity index is 2.62. The average molecular weight is 292 g/mol. The van der Waals surface area contributed by atoms with Gasteiger partial charge < -0.3 is 0 Å². The smallest absolute Gasteiger partial charge is 0.166 e. The number of benzene rings is 2. The van der Waals surface area contributed by atoms with E-state index in [9.17, 15) is 13.2 Å². The van der Waals surface area contributed by atoms with Crippen LogP contribution in [0.2, 0.25) is 0 Å². The summed E-state index contributed by atoms with van der Waals surface area (Å²) in [6, 6.07) is 11.7. The zero-order valence-corrected chi connectivity index (χ0v) is 12.5. The summed E-state index contributed by atoms with van der Waals surface area (Å²) in [7, 11) is 0. The monoisotopic (exact) mass is 292 g/mol. The number of hydrogen-bond acceptors (Lipinski definition) is 0. The van der Waals surface area contributed by atoms with Crippen molar-refractivity contribution in [1.29, 1.82) is 0 Å². The van der Waals surface area contributed by atoms with Crippen LogP contribution in [0.1, 0.15) is 30.5 Å². The summed E-state index contributed by atoms with van der Waals surface area (Å²) in [4.78, 5) is 0. The van der Waals surface area contributed by atoms with Gasteiger partial charge in [0.05, 0.1) is 5.56 Å². The van der Waals surface area contributed by atoms with Gasteiger partial charge in [-0.1, -0.05) is 50.2 Å². The van der Waals surface area contributed by atoms with Crippen LogP contribution in [-0.2, 0) is 12.6 Å². The molecule has 2 aromatic rings. The molecule has 0 heterocycles. The summed E-state index contributed by atoms with van der Waals surface area (Å²) in [5.74, 6) is 0.409. The number of alkyl halides is 3. The van der Waals surface area contributed by atoms with Gasteiger partial charge >= 0.3 is 6.18 Å². The Hall–Kier alpha value is -1.77. The van der Waals surface area contributed by atoms with Crippen molar-refractivity contribution in [2.45, 2.75) is 33.4 Å². The molecule has 0 spiro atoms. The number of hydrogen-bond donors (Lipinski definition) is 0. The van der Waals surface area contributed by atoms with Crippen LogP contribution in [0.5, 0.6) is 0 Å². The van der Waals surface area contributed by atoms with E-state index in [-0.39, 0.29) is 5.56 Å². The van der Waals surface area contributed by atoms with Gasteiger partial charge in [0.25, 0.3) is 0 Å². The first-order valence-corrected chi connectivity index (χ1v) is 7.05. The first-order valence-electron chi connectivity index (χ1n) is 7.05. The van der Waals surface area contributed by atoms with Gasteiger partial charge in [0.2, 0.25) is 0 Å². The van der Waals surface area contributed by atoms with Crippen molar-refractivity contribution in [3.63, 3.8) is 0 Å². The third-order valence-electron chi connectivity index (χ3n) is 3.47.